The van der Waals surface area contributed by atoms with E-state index in [0.29, 0.717) is 0 Å². The fourth-order valence-electron chi connectivity index (χ4n) is 3.00. The van der Waals surface area contributed by atoms with Crippen LogP contribution in [0.1, 0.15) is 24.0 Å². The minimum atomic E-state index is 0.274. The molecule has 7 heteroatoms. The summed E-state index contributed by atoms with van der Waals surface area (Å²) in [4.78, 5) is 4.28. The average molecular weight is 371 g/mol. The number of hydrogen-bond donors (Lipinski definition) is 2. The van der Waals surface area contributed by atoms with Crippen molar-refractivity contribution in [3.05, 3.63) is 53.9 Å². The second-order valence-corrected chi connectivity index (χ2v) is 6.59. The van der Waals surface area contributed by atoms with Gasteiger partial charge in [0, 0.05) is 45.7 Å². The van der Waals surface area contributed by atoms with Crippen molar-refractivity contribution >= 4 is 5.96 Å². The van der Waals surface area contributed by atoms with Gasteiger partial charge in [-0.3, -0.25) is 9.67 Å². The summed E-state index contributed by atoms with van der Waals surface area (Å²) in [6.45, 7) is 4.63. The molecule has 1 fully saturated rings. The summed E-state index contributed by atoms with van der Waals surface area (Å²) in [5.74, 6) is 0.802. The van der Waals surface area contributed by atoms with Gasteiger partial charge in [0.1, 0.15) is 0 Å². The summed E-state index contributed by atoms with van der Waals surface area (Å²) in [6.07, 6.45) is 6.00. The van der Waals surface area contributed by atoms with E-state index >= 15 is 0 Å². The largest absolute Gasteiger partial charge is 0.379 e. The highest BCUT2D eigenvalue weighted by molar-refractivity contribution is 5.79. The Hall–Kier alpha value is -2.38. The highest BCUT2D eigenvalue weighted by Gasteiger charge is 2.15. The fourth-order valence-corrected chi connectivity index (χ4v) is 3.00. The fraction of sp³-hybridized carbons (Fsp3) is 0.500. The third kappa shape index (κ3) is 6.69. The van der Waals surface area contributed by atoms with Crippen LogP contribution in [0.3, 0.4) is 0 Å². The van der Waals surface area contributed by atoms with Crippen LogP contribution >= 0.6 is 0 Å². The number of benzene rings is 1. The van der Waals surface area contributed by atoms with E-state index in [0.717, 1.165) is 58.3 Å². The van der Waals surface area contributed by atoms with Gasteiger partial charge in [-0.2, -0.15) is 5.10 Å². The third-order valence-corrected chi connectivity index (χ3v) is 4.43. The zero-order chi connectivity index (χ0) is 18.7. The number of nitrogens with zero attached hydrogens (tertiary/aromatic N) is 3. The average Bonchev–Trinajstić information content (AvgIpc) is 3.38. The Morgan fingerprint density at radius 2 is 2.26 bits per heavy atom. The maximum atomic E-state index is 5.77. The molecule has 146 valence electrons. The maximum Gasteiger partial charge on any atom is 0.191 e. The smallest absolute Gasteiger partial charge is 0.191 e. The Morgan fingerprint density at radius 1 is 1.33 bits per heavy atom. The monoisotopic (exact) mass is 371 g/mol. The van der Waals surface area contributed by atoms with Crippen LogP contribution in [0.15, 0.2) is 47.7 Å². The number of nitrogens with one attached hydrogen (secondary N) is 2. The molecule has 0 bridgehead atoms. The van der Waals surface area contributed by atoms with E-state index in [-0.39, 0.29) is 6.10 Å². The Balaban J connectivity index is 1.36. The van der Waals surface area contributed by atoms with Crippen LogP contribution in [0.25, 0.3) is 0 Å². The van der Waals surface area contributed by atoms with Gasteiger partial charge in [-0.05, 0) is 30.0 Å². The van der Waals surface area contributed by atoms with Crippen LogP contribution in [-0.2, 0) is 22.6 Å². The molecule has 1 atom stereocenters. The standard InChI is InChI=1S/C20H29N5O2/c1-21-20(22-8-4-11-27-19-7-12-26-16-19)23-14-17-5-2-6-18(13-17)15-25-10-3-9-24-25/h2-3,5-6,9-10,13,19H,4,7-8,11-12,14-16H2,1H3,(H2,21,22,23). The van der Waals surface area contributed by atoms with Crippen LogP contribution in [-0.4, -0.2) is 55.3 Å². The number of hydrogen-bond acceptors (Lipinski definition) is 4. The molecule has 0 amide bonds. The van der Waals surface area contributed by atoms with Gasteiger partial charge in [0.25, 0.3) is 0 Å². The van der Waals surface area contributed by atoms with Crippen LogP contribution in [0.4, 0.5) is 0 Å². The summed E-state index contributed by atoms with van der Waals surface area (Å²) in [5, 5.41) is 10.9. The molecule has 0 aliphatic carbocycles. The predicted molar refractivity (Wildman–Crippen MR) is 106 cm³/mol. The molecule has 1 aromatic carbocycles. The van der Waals surface area contributed by atoms with Crippen LogP contribution in [0, 0.1) is 0 Å². The summed E-state index contributed by atoms with van der Waals surface area (Å²) in [7, 11) is 1.79. The number of rotatable bonds is 9. The number of guanidine groups is 1. The van der Waals surface area contributed by atoms with Gasteiger partial charge in [-0.15, -0.1) is 0 Å². The van der Waals surface area contributed by atoms with Gasteiger partial charge >= 0.3 is 0 Å². The lowest BCUT2D eigenvalue weighted by Gasteiger charge is -2.13. The van der Waals surface area contributed by atoms with Gasteiger partial charge in [0.05, 0.1) is 19.3 Å². The Morgan fingerprint density at radius 3 is 3.04 bits per heavy atom. The van der Waals surface area contributed by atoms with Gasteiger partial charge in [-0.1, -0.05) is 24.3 Å². The topological polar surface area (TPSA) is 72.7 Å². The zero-order valence-electron chi connectivity index (χ0n) is 15.9. The van der Waals surface area contributed by atoms with Crippen molar-refractivity contribution in [3.8, 4) is 0 Å². The first-order valence-electron chi connectivity index (χ1n) is 9.52. The normalized spacial score (nSPS) is 17.2. The van der Waals surface area contributed by atoms with Gasteiger partial charge in [0.15, 0.2) is 5.96 Å². The van der Waals surface area contributed by atoms with Crippen molar-refractivity contribution in [2.75, 3.05) is 33.4 Å². The van der Waals surface area contributed by atoms with Crippen molar-refractivity contribution in [1.29, 1.82) is 0 Å². The molecule has 27 heavy (non-hydrogen) atoms. The molecule has 2 aromatic rings. The second-order valence-electron chi connectivity index (χ2n) is 6.59. The van der Waals surface area contributed by atoms with E-state index < -0.39 is 0 Å². The van der Waals surface area contributed by atoms with Crippen LogP contribution < -0.4 is 10.6 Å². The van der Waals surface area contributed by atoms with Gasteiger partial charge in [-0.25, -0.2) is 0 Å². The Kier molecular flexibility index (Phi) is 7.68. The van der Waals surface area contributed by atoms with E-state index in [1.807, 2.05) is 16.9 Å². The summed E-state index contributed by atoms with van der Waals surface area (Å²) in [6, 6.07) is 10.4. The number of ether oxygens (including phenoxy) is 2. The van der Waals surface area contributed by atoms with Crippen LogP contribution in [0.2, 0.25) is 0 Å². The van der Waals surface area contributed by atoms with E-state index in [1.54, 1.807) is 13.2 Å². The number of aromatic nitrogens is 2. The van der Waals surface area contributed by atoms with Crippen molar-refractivity contribution in [3.63, 3.8) is 0 Å². The minimum absolute atomic E-state index is 0.274. The molecule has 1 aliphatic rings. The first-order chi connectivity index (χ1) is 13.3. The lowest BCUT2D eigenvalue weighted by Crippen LogP contribution is -2.37. The molecule has 1 unspecified atom stereocenters. The molecule has 1 saturated heterocycles. The van der Waals surface area contributed by atoms with E-state index in [1.165, 1.54) is 11.1 Å². The van der Waals surface area contributed by atoms with E-state index in [9.17, 15) is 0 Å². The highest BCUT2D eigenvalue weighted by Crippen LogP contribution is 2.08. The quantitative estimate of drug-likeness (QED) is 0.399. The zero-order valence-corrected chi connectivity index (χ0v) is 15.9. The maximum absolute atomic E-state index is 5.77. The molecular formula is C20H29N5O2. The van der Waals surface area contributed by atoms with Crippen molar-refractivity contribution < 1.29 is 9.47 Å². The number of aliphatic imine (C=N–C) groups is 1. The molecule has 1 aliphatic heterocycles. The van der Waals surface area contributed by atoms with Crippen molar-refractivity contribution in [2.45, 2.75) is 32.0 Å². The SMILES string of the molecule is CN=C(NCCCOC1CCOC1)NCc1cccc(Cn2cccn2)c1. The van der Waals surface area contributed by atoms with Crippen molar-refractivity contribution in [1.82, 2.24) is 20.4 Å². The highest BCUT2D eigenvalue weighted by atomic mass is 16.5. The molecule has 0 saturated carbocycles. The third-order valence-electron chi connectivity index (χ3n) is 4.43. The summed E-state index contributed by atoms with van der Waals surface area (Å²) in [5.41, 5.74) is 2.45. The predicted octanol–water partition coefficient (Wildman–Crippen LogP) is 1.79. The molecule has 3 rings (SSSR count). The van der Waals surface area contributed by atoms with E-state index in [4.69, 9.17) is 9.47 Å². The van der Waals surface area contributed by atoms with Gasteiger partial charge < -0.3 is 20.1 Å². The lowest BCUT2D eigenvalue weighted by molar-refractivity contribution is 0.0420. The molecule has 2 N–H and O–H groups in total. The van der Waals surface area contributed by atoms with E-state index in [2.05, 4.69) is 45.0 Å². The molecule has 0 spiro atoms. The molecular weight excluding hydrogens is 342 g/mol. The first-order valence-corrected chi connectivity index (χ1v) is 9.52. The molecule has 0 radical (unpaired) electrons. The summed E-state index contributed by atoms with van der Waals surface area (Å²) >= 11 is 0. The summed E-state index contributed by atoms with van der Waals surface area (Å²) < 4.78 is 13.0. The first kappa shape index (κ1) is 19.4. The Labute approximate surface area is 160 Å². The van der Waals surface area contributed by atoms with Crippen molar-refractivity contribution in [2.24, 2.45) is 4.99 Å². The molecule has 2 heterocycles. The molecule has 1 aromatic heterocycles. The molecule has 7 nitrogen and oxygen atoms in total. The minimum Gasteiger partial charge on any atom is -0.379 e. The Bertz CT molecular complexity index is 696. The van der Waals surface area contributed by atoms with Gasteiger partial charge in [0.2, 0.25) is 0 Å². The lowest BCUT2D eigenvalue weighted by atomic mass is 10.1. The second kappa shape index (κ2) is 10.7. The van der Waals surface area contributed by atoms with Crippen LogP contribution in [0.5, 0.6) is 0 Å².